The lowest BCUT2D eigenvalue weighted by molar-refractivity contribution is 0.417. The molecule has 11 heavy (non-hydrogen) atoms. The van der Waals surface area contributed by atoms with Crippen molar-refractivity contribution in [3.8, 4) is 0 Å². The monoisotopic (exact) mass is 152 g/mol. The molecule has 1 aliphatic rings. The Kier molecular flexibility index (Phi) is 1.37. The van der Waals surface area contributed by atoms with Crippen molar-refractivity contribution in [2.75, 3.05) is 5.73 Å². The molecule has 1 aromatic heterocycles. The number of rotatable bonds is 2. The number of anilines is 1. The van der Waals surface area contributed by atoms with E-state index >= 15 is 0 Å². The highest BCUT2D eigenvalue weighted by molar-refractivity contribution is 5.26. The molecule has 0 aromatic carbocycles. The Hall–Kier alpha value is -0.990. The van der Waals surface area contributed by atoms with Gasteiger partial charge in [0.25, 0.3) is 0 Å². The van der Waals surface area contributed by atoms with E-state index in [2.05, 4.69) is 12.1 Å². The van der Waals surface area contributed by atoms with E-state index in [-0.39, 0.29) is 0 Å². The second-order valence-corrected chi connectivity index (χ2v) is 3.28. The highest BCUT2D eigenvalue weighted by atomic mass is 16.5. The molecule has 1 fully saturated rings. The lowest BCUT2D eigenvalue weighted by atomic mass is 10.0. The van der Waals surface area contributed by atoms with Crippen LogP contribution in [0, 0.1) is 5.92 Å². The molecule has 0 amide bonds. The molecule has 0 saturated heterocycles. The number of nitrogens with two attached hydrogens (primary N) is 1. The van der Waals surface area contributed by atoms with Crippen molar-refractivity contribution in [1.82, 2.24) is 5.16 Å². The van der Waals surface area contributed by atoms with Gasteiger partial charge in [-0.15, -0.1) is 0 Å². The summed E-state index contributed by atoms with van der Waals surface area (Å²) < 4.78 is 4.79. The lowest BCUT2D eigenvalue weighted by Gasteiger charge is -2.02. The van der Waals surface area contributed by atoms with Gasteiger partial charge in [0.05, 0.1) is 5.69 Å². The quantitative estimate of drug-likeness (QED) is 0.702. The summed E-state index contributed by atoms with van der Waals surface area (Å²) in [6, 6.07) is 1.82. The minimum atomic E-state index is 0.424. The van der Waals surface area contributed by atoms with Crippen LogP contribution in [0.2, 0.25) is 0 Å². The number of hydrogen-bond acceptors (Lipinski definition) is 3. The van der Waals surface area contributed by atoms with E-state index in [0.717, 1.165) is 11.6 Å². The Balaban J connectivity index is 2.14. The van der Waals surface area contributed by atoms with E-state index in [9.17, 15) is 0 Å². The Morgan fingerprint density at radius 1 is 1.73 bits per heavy atom. The molecule has 0 bridgehead atoms. The van der Waals surface area contributed by atoms with Gasteiger partial charge in [-0.05, 0) is 18.8 Å². The highest BCUT2D eigenvalue weighted by Gasteiger charge is 2.30. The van der Waals surface area contributed by atoms with Gasteiger partial charge in [0, 0.05) is 12.0 Å². The molecule has 1 aromatic rings. The summed E-state index contributed by atoms with van der Waals surface area (Å²) in [6.07, 6.45) is 2.65. The summed E-state index contributed by atoms with van der Waals surface area (Å²) in [5, 5.41) is 3.88. The number of nitrogen functional groups attached to an aromatic ring is 1. The molecule has 1 atom stereocenters. The summed E-state index contributed by atoms with van der Waals surface area (Å²) in [4.78, 5) is 0. The van der Waals surface area contributed by atoms with Crippen molar-refractivity contribution in [3.05, 3.63) is 11.8 Å². The fourth-order valence-corrected chi connectivity index (χ4v) is 1.36. The van der Waals surface area contributed by atoms with Gasteiger partial charge in [-0.1, -0.05) is 12.1 Å². The first-order chi connectivity index (χ1) is 5.27. The van der Waals surface area contributed by atoms with Gasteiger partial charge >= 0.3 is 0 Å². The normalized spacial score (nSPS) is 20.1. The summed E-state index contributed by atoms with van der Waals surface area (Å²) in [7, 11) is 0. The molecule has 1 heterocycles. The maximum atomic E-state index is 5.41. The SMILES string of the molecule is C[C@H](c1cc(N)on1)C1CC1. The summed E-state index contributed by atoms with van der Waals surface area (Å²) in [5.74, 6) is 1.77. The molecular weight excluding hydrogens is 140 g/mol. The average molecular weight is 152 g/mol. The standard InChI is InChI=1S/C8H12N2O/c1-5(6-2-3-6)7-4-8(9)11-10-7/h4-6H,2-3,9H2,1H3/t5-/m0/s1. The minimum Gasteiger partial charge on any atom is -0.368 e. The van der Waals surface area contributed by atoms with Crippen molar-refractivity contribution in [2.24, 2.45) is 5.92 Å². The molecule has 0 radical (unpaired) electrons. The van der Waals surface area contributed by atoms with Crippen molar-refractivity contribution in [1.29, 1.82) is 0 Å². The molecular formula is C8H12N2O. The van der Waals surface area contributed by atoms with E-state index < -0.39 is 0 Å². The highest BCUT2D eigenvalue weighted by Crippen LogP contribution is 2.41. The third-order valence-electron chi connectivity index (χ3n) is 2.34. The van der Waals surface area contributed by atoms with E-state index in [1.807, 2.05) is 6.07 Å². The van der Waals surface area contributed by atoms with Crippen molar-refractivity contribution in [2.45, 2.75) is 25.7 Å². The van der Waals surface area contributed by atoms with Crippen LogP contribution in [0.15, 0.2) is 10.6 Å². The van der Waals surface area contributed by atoms with Gasteiger partial charge in [0.1, 0.15) is 0 Å². The maximum absolute atomic E-state index is 5.41. The second kappa shape index (κ2) is 2.26. The Labute approximate surface area is 65.6 Å². The van der Waals surface area contributed by atoms with Gasteiger partial charge in [-0.2, -0.15) is 0 Å². The van der Waals surface area contributed by atoms with Crippen LogP contribution in [-0.2, 0) is 0 Å². The van der Waals surface area contributed by atoms with E-state index in [4.69, 9.17) is 10.3 Å². The van der Waals surface area contributed by atoms with Gasteiger partial charge in [0.2, 0.25) is 5.88 Å². The first-order valence-corrected chi connectivity index (χ1v) is 3.99. The molecule has 2 rings (SSSR count). The predicted molar refractivity (Wildman–Crippen MR) is 42.1 cm³/mol. The fraction of sp³-hybridized carbons (Fsp3) is 0.625. The summed E-state index contributed by atoms with van der Waals surface area (Å²) in [5.41, 5.74) is 6.41. The Bertz CT molecular complexity index is 252. The predicted octanol–water partition coefficient (Wildman–Crippen LogP) is 1.77. The summed E-state index contributed by atoms with van der Waals surface area (Å²) >= 11 is 0. The summed E-state index contributed by atoms with van der Waals surface area (Å²) in [6.45, 7) is 2.18. The van der Waals surface area contributed by atoms with Crippen LogP contribution < -0.4 is 5.73 Å². The number of hydrogen-bond donors (Lipinski definition) is 1. The molecule has 1 saturated carbocycles. The van der Waals surface area contributed by atoms with Gasteiger partial charge in [-0.25, -0.2) is 0 Å². The van der Waals surface area contributed by atoms with Gasteiger partial charge in [0.15, 0.2) is 0 Å². The average Bonchev–Trinajstić information content (AvgIpc) is 2.74. The number of aromatic nitrogens is 1. The molecule has 1 aliphatic carbocycles. The molecule has 0 unspecified atom stereocenters. The zero-order chi connectivity index (χ0) is 7.84. The van der Waals surface area contributed by atoms with Crippen LogP contribution >= 0.6 is 0 Å². The van der Waals surface area contributed by atoms with E-state index in [1.54, 1.807) is 0 Å². The van der Waals surface area contributed by atoms with Crippen LogP contribution in [0.1, 0.15) is 31.4 Å². The zero-order valence-electron chi connectivity index (χ0n) is 6.58. The fourth-order valence-electron chi connectivity index (χ4n) is 1.36. The molecule has 3 nitrogen and oxygen atoms in total. The second-order valence-electron chi connectivity index (χ2n) is 3.28. The van der Waals surface area contributed by atoms with E-state index in [0.29, 0.717) is 11.8 Å². The smallest absolute Gasteiger partial charge is 0.222 e. The molecule has 0 aliphatic heterocycles. The zero-order valence-corrected chi connectivity index (χ0v) is 6.58. The first-order valence-electron chi connectivity index (χ1n) is 3.99. The van der Waals surface area contributed by atoms with Crippen LogP contribution in [0.3, 0.4) is 0 Å². The maximum Gasteiger partial charge on any atom is 0.222 e. The van der Waals surface area contributed by atoms with Crippen LogP contribution in [-0.4, -0.2) is 5.16 Å². The topological polar surface area (TPSA) is 52.0 Å². The van der Waals surface area contributed by atoms with Gasteiger partial charge in [-0.3, -0.25) is 0 Å². The largest absolute Gasteiger partial charge is 0.368 e. The molecule has 3 heteroatoms. The van der Waals surface area contributed by atoms with Crippen LogP contribution in [0.4, 0.5) is 5.88 Å². The molecule has 2 N–H and O–H groups in total. The minimum absolute atomic E-state index is 0.424. The van der Waals surface area contributed by atoms with Crippen molar-refractivity contribution >= 4 is 5.88 Å². The Morgan fingerprint density at radius 2 is 2.45 bits per heavy atom. The third-order valence-corrected chi connectivity index (χ3v) is 2.34. The van der Waals surface area contributed by atoms with Gasteiger partial charge < -0.3 is 10.3 Å². The third kappa shape index (κ3) is 1.23. The van der Waals surface area contributed by atoms with Crippen molar-refractivity contribution in [3.63, 3.8) is 0 Å². The first kappa shape index (κ1) is 6.70. The lowest BCUT2D eigenvalue weighted by Crippen LogP contribution is -1.94. The number of nitrogens with zero attached hydrogens (tertiary/aromatic N) is 1. The van der Waals surface area contributed by atoms with Crippen LogP contribution in [0.25, 0.3) is 0 Å². The Morgan fingerprint density at radius 3 is 2.91 bits per heavy atom. The van der Waals surface area contributed by atoms with E-state index in [1.165, 1.54) is 12.8 Å². The molecule has 0 spiro atoms. The molecule has 60 valence electrons. The van der Waals surface area contributed by atoms with Crippen molar-refractivity contribution < 1.29 is 4.52 Å². The van der Waals surface area contributed by atoms with Crippen LogP contribution in [0.5, 0.6) is 0 Å².